The maximum absolute atomic E-state index is 7.00. The highest BCUT2D eigenvalue weighted by Crippen LogP contribution is 2.48. The summed E-state index contributed by atoms with van der Waals surface area (Å²) in [5, 5.41) is 0.722. The molecule has 0 N–H and O–H groups in total. The highest BCUT2D eigenvalue weighted by molar-refractivity contribution is 6.31. The van der Waals surface area contributed by atoms with E-state index in [0.29, 0.717) is 0 Å². The van der Waals surface area contributed by atoms with E-state index in [4.69, 9.17) is 16.3 Å². The molecule has 2 aliphatic heterocycles. The van der Waals surface area contributed by atoms with Gasteiger partial charge in [-0.05, 0) is 62.8 Å². The molecule has 0 spiro atoms. The fourth-order valence-electron chi connectivity index (χ4n) is 6.83. The molecule has 4 rings (SSSR count). The molecule has 0 unspecified atom stereocenters. The number of halogens is 1. The molecule has 244 valence electrons. The fraction of sp³-hybridized carbons (Fsp3) is 0.513. The van der Waals surface area contributed by atoms with Crippen molar-refractivity contribution in [2.75, 3.05) is 80.5 Å². The SMILES string of the molecule is COc1ccc2c(c1)C(C)(C)C(/C=C/C(Cl)=C/C=C1/N(CCC[N+](C)(C)C)c3ccc(C)cc3C1(C)C)=[N+]2CCC[N+](C)(C)C. The third-order valence-electron chi connectivity index (χ3n) is 9.37. The Labute approximate surface area is 278 Å². The average Bonchev–Trinajstić information content (AvgIpc) is 3.27. The minimum atomic E-state index is -0.179. The third-order valence-corrected chi connectivity index (χ3v) is 9.62. The number of benzene rings is 2. The zero-order chi connectivity index (χ0) is 33.4. The maximum atomic E-state index is 7.00. The lowest BCUT2D eigenvalue weighted by molar-refractivity contribution is -0.871. The summed E-state index contributed by atoms with van der Waals surface area (Å²) < 4.78 is 10.0. The van der Waals surface area contributed by atoms with Crippen molar-refractivity contribution < 1.29 is 18.3 Å². The van der Waals surface area contributed by atoms with Gasteiger partial charge in [-0.1, -0.05) is 43.1 Å². The molecule has 0 bridgehead atoms. The van der Waals surface area contributed by atoms with Crippen LogP contribution in [0.4, 0.5) is 11.4 Å². The van der Waals surface area contributed by atoms with Crippen LogP contribution in [0, 0.1) is 6.92 Å². The Bertz CT molecular complexity index is 1530. The molecule has 0 aromatic heterocycles. The van der Waals surface area contributed by atoms with Gasteiger partial charge in [0, 0.05) is 52.5 Å². The monoisotopic (exact) mass is 633 g/mol. The van der Waals surface area contributed by atoms with Crippen molar-refractivity contribution in [3.8, 4) is 5.75 Å². The van der Waals surface area contributed by atoms with Crippen LogP contribution in [0.5, 0.6) is 5.75 Å². The molecule has 0 aliphatic carbocycles. The van der Waals surface area contributed by atoms with Crippen LogP contribution in [0.15, 0.2) is 71.4 Å². The first-order chi connectivity index (χ1) is 20.8. The molecular formula is C39H58ClN4O+3. The van der Waals surface area contributed by atoms with Crippen molar-refractivity contribution in [3.63, 3.8) is 0 Å². The van der Waals surface area contributed by atoms with E-state index in [-0.39, 0.29) is 10.8 Å². The van der Waals surface area contributed by atoms with Gasteiger partial charge in [-0.3, -0.25) is 0 Å². The Hall–Kier alpha value is -2.86. The van der Waals surface area contributed by atoms with Crippen LogP contribution in [0.1, 0.15) is 57.2 Å². The van der Waals surface area contributed by atoms with Crippen LogP contribution < -0.4 is 9.64 Å². The quantitative estimate of drug-likeness (QED) is 0.134. The summed E-state index contributed by atoms with van der Waals surface area (Å²) in [5.41, 5.74) is 8.83. The van der Waals surface area contributed by atoms with Gasteiger partial charge in [-0.25, -0.2) is 0 Å². The van der Waals surface area contributed by atoms with Crippen molar-refractivity contribution in [1.29, 1.82) is 0 Å². The summed E-state index contributed by atoms with van der Waals surface area (Å²) in [6.07, 6.45) is 10.8. The molecule has 45 heavy (non-hydrogen) atoms. The predicted octanol–water partition coefficient (Wildman–Crippen LogP) is 7.93. The number of anilines is 1. The molecule has 2 heterocycles. The Morgan fingerprint density at radius 2 is 1.56 bits per heavy atom. The van der Waals surface area contributed by atoms with E-state index in [2.05, 4.69) is 147 Å². The molecule has 0 fully saturated rings. The molecule has 5 nitrogen and oxygen atoms in total. The number of ether oxygens (including phenoxy) is 1. The predicted molar refractivity (Wildman–Crippen MR) is 194 cm³/mol. The minimum Gasteiger partial charge on any atom is -0.497 e. The van der Waals surface area contributed by atoms with Gasteiger partial charge in [-0.2, -0.15) is 4.58 Å². The molecule has 2 aromatic carbocycles. The largest absolute Gasteiger partial charge is 0.497 e. The lowest BCUT2D eigenvalue weighted by Crippen LogP contribution is -2.37. The van der Waals surface area contributed by atoms with Gasteiger partial charge in [-0.15, -0.1) is 0 Å². The van der Waals surface area contributed by atoms with E-state index in [9.17, 15) is 0 Å². The van der Waals surface area contributed by atoms with Gasteiger partial charge in [0.25, 0.3) is 0 Å². The summed E-state index contributed by atoms with van der Waals surface area (Å²) in [4.78, 5) is 2.52. The van der Waals surface area contributed by atoms with Crippen molar-refractivity contribution >= 4 is 28.7 Å². The standard InChI is InChI=1S/C39H58ClN4O/c1-29-15-19-34-32(27-29)38(2,3)36(41(34)23-13-25-43(6,7)8)21-16-30(40)17-22-37-39(4,5)33-28-31(45-12)18-20-35(33)42(37)24-14-26-44(9,10)11/h15-22,27-28H,13-14,23-26H2,1-12H3/q+3. The molecule has 0 amide bonds. The number of aryl methyl sites for hydroxylation is 1. The number of methoxy groups -OCH3 is 1. The molecule has 0 saturated heterocycles. The smallest absolute Gasteiger partial charge is 0.210 e. The molecular weight excluding hydrogens is 576 g/mol. The Morgan fingerprint density at radius 3 is 2.20 bits per heavy atom. The Morgan fingerprint density at radius 1 is 0.889 bits per heavy atom. The number of quaternary nitrogens is 2. The van der Waals surface area contributed by atoms with Gasteiger partial charge in [0.15, 0.2) is 12.3 Å². The molecule has 0 radical (unpaired) electrons. The van der Waals surface area contributed by atoms with Crippen LogP contribution >= 0.6 is 11.6 Å². The lowest BCUT2D eigenvalue weighted by Gasteiger charge is -2.29. The van der Waals surface area contributed by atoms with Crippen LogP contribution in [-0.4, -0.2) is 94.8 Å². The lowest BCUT2D eigenvalue weighted by atomic mass is 9.81. The van der Waals surface area contributed by atoms with Crippen LogP contribution in [-0.2, 0) is 10.8 Å². The Balaban J connectivity index is 1.68. The zero-order valence-electron chi connectivity index (χ0n) is 30.1. The first-order valence-corrected chi connectivity index (χ1v) is 16.8. The van der Waals surface area contributed by atoms with Crippen molar-refractivity contribution in [1.82, 2.24) is 0 Å². The highest BCUT2D eigenvalue weighted by Gasteiger charge is 2.45. The average molecular weight is 634 g/mol. The fourth-order valence-corrected chi connectivity index (χ4v) is 6.96. The summed E-state index contributed by atoms with van der Waals surface area (Å²) in [6.45, 7) is 15.6. The van der Waals surface area contributed by atoms with E-state index >= 15 is 0 Å². The van der Waals surface area contributed by atoms with Gasteiger partial charge in [0.1, 0.15) is 5.75 Å². The second-order valence-corrected chi connectivity index (χ2v) is 16.5. The van der Waals surface area contributed by atoms with Crippen LogP contribution in [0.3, 0.4) is 0 Å². The number of allylic oxidation sites excluding steroid dienone is 6. The molecule has 0 atom stereocenters. The van der Waals surface area contributed by atoms with Crippen molar-refractivity contribution in [3.05, 3.63) is 88.1 Å². The molecule has 2 aliphatic rings. The summed E-state index contributed by atoms with van der Waals surface area (Å²) in [7, 11) is 15.3. The van der Waals surface area contributed by atoms with Gasteiger partial charge >= 0.3 is 0 Å². The summed E-state index contributed by atoms with van der Waals surface area (Å²) in [5.74, 6) is 0.893. The number of hydrogen-bond acceptors (Lipinski definition) is 2. The van der Waals surface area contributed by atoms with Gasteiger partial charge < -0.3 is 18.6 Å². The van der Waals surface area contributed by atoms with Crippen molar-refractivity contribution in [2.45, 2.75) is 58.3 Å². The van der Waals surface area contributed by atoms with E-state index in [1.165, 1.54) is 39.5 Å². The first kappa shape index (κ1) is 35.0. The second kappa shape index (κ2) is 13.1. The van der Waals surface area contributed by atoms with E-state index in [0.717, 1.165) is 58.8 Å². The van der Waals surface area contributed by atoms with E-state index < -0.39 is 0 Å². The van der Waals surface area contributed by atoms with Crippen LogP contribution in [0.2, 0.25) is 0 Å². The number of hydrogen-bond donors (Lipinski definition) is 0. The maximum Gasteiger partial charge on any atom is 0.210 e. The summed E-state index contributed by atoms with van der Waals surface area (Å²) in [6, 6.07) is 13.4. The molecule has 2 aromatic rings. The first-order valence-electron chi connectivity index (χ1n) is 16.4. The van der Waals surface area contributed by atoms with Crippen molar-refractivity contribution in [2.24, 2.45) is 0 Å². The Kier molecular flexibility index (Phi) is 10.2. The third kappa shape index (κ3) is 7.93. The number of fused-ring (bicyclic) bond motifs is 2. The van der Waals surface area contributed by atoms with Crippen LogP contribution in [0.25, 0.3) is 0 Å². The molecule has 6 heteroatoms. The number of rotatable bonds is 12. The van der Waals surface area contributed by atoms with E-state index in [1.807, 2.05) is 0 Å². The minimum absolute atomic E-state index is 0.111. The zero-order valence-corrected chi connectivity index (χ0v) is 30.8. The molecule has 0 saturated carbocycles. The topological polar surface area (TPSA) is 15.5 Å². The highest BCUT2D eigenvalue weighted by atomic mass is 35.5. The summed E-state index contributed by atoms with van der Waals surface area (Å²) >= 11 is 7.00. The number of nitrogens with zero attached hydrogens (tertiary/aromatic N) is 4. The van der Waals surface area contributed by atoms with Gasteiger partial charge in [0.05, 0.1) is 74.3 Å². The van der Waals surface area contributed by atoms with Gasteiger partial charge in [0.2, 0.25) is 5.69 Å². The van der Waals surface area contributed by atoms with E-state index in [1.54, 1.807) is 7.11 Å². The normalized spacial score (nSPS) is 18.7. The second-order valence-electron chi connectivity index (χ2n) is 16.0.